The minimum atomic E-state index is -0.463. The highest BCUT2D eigenvalue weighted by Crippen LogP contribution is 2.34. The van der Waals surface area contributed by atoms with Crippen molar-refractivity contribution in [3.8, 4) is 0 Å². The second-order valence-corrected chi connectivity index (χ2v) is 7.52. The van der Waals surface area contributed by atoms with Crippen LogP contribution in [0.4, 0.5) is 0 Å². The van der Waals surface area contributed by atoms with Gasteiger partial charge in [0.1, 0.15) is 11.2 Å². The van der Waals surface area contributed by atoms with Crippen LogP contribution < -0.4 is 15.8 Å². The zero-order valence-corrected chi connectivity index (χ0v) is 16.6. The highest BCUT2D eigenvalue weighted by atomic mass is 16.4. The van der Waals surface area contributed by atoms with Crippen molar-refractivity contribution in [1.82, 2.24) is 5.32 Å². The molecule has 0 atom stereocenters. The first-order valence-corrected chi connectivity index (χ1v) is 9.29. The van der Waals surface area contributed by atoms with Crippen molar-refractivity contribution in [3.05, 3.63) is 45.0 Å². The number of fused-ring (bicyclic) bond motifs is 3. The van der Waals surface area contributed by atoms with Gasteiger partial charge >= 0.3 is 5.63 Å². The summed E-state index contributed by atoms with van der Waals surface area (Å²) in [5.41, 5.74) is 3.91. The van der Waals surface area contributed by atoms with Crippen LogP contribution in [0.2, 0.25) is 0 Å². The van der Waals surface area contributed by atoms with E-state index in [4.69, 9.17) is 8.83 Å². The van der Waals surface area contributed by atoms with Crippen molar-refractivity contribution >= 4 is 27.8 Å². The number of rotatable bonds is 6. The number of hydrogen-bond donors (Lipinski definition) is 2. The molecule has 0 saturated carbocycles. The second kappa shape index (κ2) is 7.56. The van der Waals surface area contributed by atoms with Gasteiger partial charge in [-0.05, 0) is 43.5 Å². The zero-order valence-electron chi connectivity index (χ0n) is 16.6. The lowest BCUT2D eigenvalue weighted by atomic mass is 9.99. The standard InChI is InChI=1S/C21H26N2O4/c1-12-9-16-19(20-18(12)13(2)11-26-20)14(3)15(21(25)27-16)10-17(24)22-7-6-8-23(4)5/h9,11H,6-8,10H2,1-5H3,(H,22,24)/p+1. The first-order valence-electron chi connectivity index (χ1n) is 9.29. The second-order valence-electron chi connectivity index (χ2n) is 7.52. The molecule has 6 nitrogen and oxygen atoms in total. The number of carbonyl (C=O) groups excluding carboxylic acids is 1. The van der Waals surface area contributed by atoms with Crippen molar-refractivity contribution in [2.45, 2.75) is 33.6 Å². The van der Waals surface area contributed by atoms with E-state index in [1.54, 1.807) is 6.26 Å². The number of carbonyl (C=O) groups is 1. The van der Waals surface area contributed by atoms with Gasteiger partial charge in [-0.15, -0.1) is 0 Å². The van der Waals surface area contributed by atoms with Crippen molar-refractivity contribution in [3.63, 3.8) is 0 Å². The quantitative estimate of drug-likeness (QED) is 0.510. The molecule has 1 aromatic carbocycles. The summed E-state index contributed by atoms with van der Waals surface area (Å²) < 4.78 is 11.3. The van der Waals surface area contributed by atoms with E-state index in [0.29, 0.717) is 23.3 Å². The van der Waals surface area contributed by atoms with E-state index in [0.717, 1.165) is 40.4 Å². The Morgan fingerprint density at radius 2 is 1.89 bits per heavy atom. The fraction of sp³-hybridized carbons (Fsp3) is 0.429. The van der Waals surface area contributed by atoms with E-state index in [9.17, 15) is 9.59 Å². The molecule has 0 aliphatic heterocycles. The number of nitrogens with one attached hydrogen (secondary N) is 2. The van der Waals surface area contributed by atoms with Gasteiger partial charge in [0.05, 0.1) is 44.3 Å². The minimum absolute atomic E-state index is 0.00793. The van der Waals surface area contributed by atoms with Gasteiger partial charge in [-0.2, -0.15) is 0 Å². The number of aryl methyl sites for hydroxylation is 3. The fourth-order valence-electron chi connectivity index (χ4n) is 3.57. The third-order valence-corrected chi connectivity index (χ3v) is 4.98. The van der Waals surface area contributed by atoms with Gasteiger partial charge in [-0.3, -0.25) is 4.79 Å². The highest BCUT2D eigenvalue weighted by molar-refractivity contribution is 6.07. The Morgan fingerprint density at radius 3 is 2.59 bits per heavy atom. The van der Waals surface area contributed by atoms with Gasteiger partial charge in [0.2, 0.25) is 5.91 Å². The lowest BCUT2D eigenvalue weighted by Crippen LogP contribution is -3.05. The summed E-state index contributed by atoms with van der Waals surface area (Å²) in [6.07, 6.45) is 2.61. The van der Waals surface area contributed by atoms with Gasteiger partial charge in [-0.1, -0.05) is 0 Å². The van der Waals surface area contributed by atoms with Crippen LogP contribution >= 0.6 is 0 Å². The summed E-state index contributed by atoms with van der Waals surface area (Å²) >= 11 is 0. The lowest BCUT2D eigenvalue weighted by molar-refractivity contribution is -0.858. The Kier molecular flexibility index (Phi) is 5.37. The highest BCUT2D eigenvalue weighted by Gasteiger charge is 2.19. The minimum Gasteiger partial charge on any atom is -0.463 e. The van der Waals surface area contributed by atoms with Gasteiger partial charge in [0.25, 0.3) is 0 Å². The van der Waals surface area contributed by atoms with E-state index in [2.05, 4.69) is 19.4 Å². The van der Waals surface area contributed by atoms with Crippen LogP contribution in [0.1, 0.15) is 28.7 Å². The molecular formula is C21H27N2O4+. The summed E-state index contributed by atoms with van der Waals surface area (Å²) in [5, 5.41) is 4.68. The van der Waals surface area contributed by atoms with Gasteiger partial charge in [0.15, 0.2) is 0 Å². The molecule has 144 valence electrons. The molecule has 0 radical (unpaired) electrons. The monoisotopic (exact) mass is 371 g/mol. The maximum absolute atomic E-state index is 12.5. The SMILES string of the molecule is Cc1coc2c1c(C)cc1oc(=O)c(CC(=O)NCCC[NH+](C)C)c(C)c12. The first kappa shape index (κ1) is 19.2. The van der Waals surface area contributed by atoms with E-state index < -0.39 is 5.63 Å². The van der Waals surface area contributed by atoms with Gasteiger partial charge < -0.3 is 19.1 Å². The third kappa shape index (κ3) is 3.76. The summed E-state index contributed by atoms with van der Waals surface area (Å²) in [4.78, 5) is 26.1. The predicted molar refractivity (Wildman–Crippen MR) is 105 cm³/mol. The van der Waals surface area contributed by atoms with Crippen LogP contribution in [0.15, 0.2) is 26.0 Å². The Bertz CT molecular complexity index is 1060. The summed E-state index contributed by atoms with van der Waals surface area (Å²) in [6.45, 7) is 7.39. The molecule has 3 rings (SSSR count). The Balaban J connectivity index is 1.95. The number of amides is 1. The van der Waals surface area contributed by atoms with E-state index >= 15 is 0 Å². The molecule has 0 saturated heterocycles. The maximum atomic E-state index is 12.5. The van der Waals surface area contributed by atoms with Crippen LogP contribution in [-0.2, 0) is 11.2 Å². The lowest BCUT2D eigenvalue weighted by Gasteiger charge is -2.10. The maximum Gasteiger partial charge on any atom is 0.340 e. The summed E-state index contributed by atoms with van der Waals surface area (Å²) in [6, 6.07) is 1.86. The van der Waals surface area contributed by atoms with Crippen molar-refractivity contribution in [2.24, 2.45) is 0 Å². The van der Waals surface area contributed by atoms with Gasteiger partial charge in [0, 0.05) is 18.4 Å². The Labute approximate surface area is 158 Å². The van der Waals surface area contributed by atoms with E-state index in [1.807, 2.05) is 26.8 Å². The molecule has 0 spiro atoms. The van der Waals surface area contributed by atoms with Crippen molar-refractivity contribution in [1.29, 1.82) is 0 Å². The van der Waals surface area contributed by atoms with Crippen LogP contribution in [0.5, 0.6) is 0 Å². The molecule has 0 aliphatic carbocycles. The number of benzene rings is 1. The molecule has 0 fully saturated rings. The molecule has 6 heteroatoms. The van der Waals surface area contributed by atoms with Crippen molar-refractivity contribution in [2.75, 3.05) is 27.2 Å². The molecule has 0 aliphatic rings. The van der Waals surface area contributed by atoms with Gasteiger partial charge in [-0.25, -0.2) is 4.79 Å². The number of furan rings is 1. The summed E-state index contributed by atoms with van der Waals surface area (Å²) in [7, 11) is 4.15. The molecule has 2 heterocycles. The van der Waals surface area contributed by atoms with Crippen LogP contribution in [0, 0.1) is 20.8 Å². The Hall–Kier alpha value is -2.60. The summed E-state index contributed by atoms with van der Waals surface area (Å²) in [5.74, 6) is -0.169. The molecule has 0 bridgehead atoms. The molecule has 1 amide bonds. The van der Waals surface area contributed by atoms with Crippen LogP contribution in [0.25, 0.3) is 21.9 Å². The topological polar surface area (TPSA) is 76.9 Å². The zero-order chi connectivity index (χ0) is 19.7. The number of hydrogen-bond acceptors (Lipinski definition) is 4. The van der Waals surface area contributed by atoms with Crippen molar-refractivity contribution < 1.29 is 18.5 Å². The molecule has 27 heavy (non-hydrogen) atoms. The molecule has 3 aromatic rings. The predicted octanol–water partition coefficient (Wildman–Crippen LogP) is 1.66. The average molecular weight is 371 g/mol. The molecule has 0 unspecified atom stereocenters. The largest absolute Gasteiger partial charge is 0.463 e. The molecule has 2 N–H and O–H groups in total. The van der Waals surface area contributed by atoms with Crippen LogP contribution in [-0.4, -0.2) is 33.1 Å². The van der Waals surface area contributed by atoms with E-state index in [1.165, 1.54) is 4.90 Å². The Morgan fingerprint density at radius 1 is 1.15 bits per heavy atom. The molecular weight excluding hydrogens is 344 g/mol. The first-order chi connectivity index (χ1) is 12.8. The third-order valence-electron chi connectivity index (χ3n) is 4.98. The number of quaternary nitrogens is 1. The average Bonchev–Trinajstić information content (AvgIpc) is 2.97. The van der Waals surface area contributed by atoms with E-state index in [-0.39, 0.29) is 12.3 Å². The normalized spacial score (nSPS) is 11.6. The van der Waals surface area contributed by atoms with Crippen LogP contribution in [0.3, 0.4) is 0 Å². The smallest absolute Gasteiger partial charge is 0.340 e. The molecule has 2 aromatic heterocycles. The fourth-order valence-corrected chi connectivity index (χ4v) is 3.57.